The van der Waals surface area contributed by atoms with Gasteiger partial charge in [0.2, 0.25) is 0 Å². The topological polar surface area (TPSA) is 75.4 Å². The summed E-state index contributed by atoms with van der Waals surface area (Å²) in [6.45, 7) is 0.746. The number of hydrogen-bond donors (Lipinski definition) is 2. The molecular formula is C10H15BrFN3O2S. The van der Waals surface area contributed by atoms with Gasteiger partial charge in [0, 0.05) is 13.6 Å². The van der Waals surface area contributed by atoms with Crippen LogP contribution in [0.5, 0.6) is 0 Å². The van der Waals surface area contributed by atoms with Crippen molar-refractivity contribution in [2.24, 2.45) is 5.73 Å². The molecule has 0 aliphatic carbocycles. The monoisotopic (exact) mass is 339 g/mol. The molecule has 0 aliphatic rings. The van der Waals surface area contributed by atoms with Crippen LogP contribution in [-0.2, 0) is 10.2 Å². The molecule has 102 valence electrons. The van der Waals surface area contributed by atoms with Gasteiger partial charge in [0.15, 0.2) is 0 Å². The Balaban J connectivity index is 2.78. The van der Waals surface area contributed by atoms with E-state index >= 15 is 0 Å². The van der Waals surface area contributed by atoms with E-state index in [1.54, 1.807) is 0 Å². The maximum absolute atomic E-state index is 13.0. The van der Waals surface area contributed by atoms with E-state index in [-0.39, 0.29) is 4.47 Å². The smallest absolute Gasteiger partial charge is 0.301 e. The fraction of sp³-hybridized carbons (Fsp3) is 0.400. The molecule has 8 heteroatoms. The van der Waals surface area contributed by atoms with E-state index in [1.807, 2.05) is 0 Å². The van der Waals surface area contributed by atoms with Crippen LogP contribution in [0.25, 0.3) is 0 Å². The number of nitrogens with one attached hydrogen (secondary N) is 1. The van der Waals surface area contributed by atoms with E-state index < -0.39 is 16.0 Å². The summed E-state index contributed by atoms with van der Waals surface area (Å²) in [5.74, 6) is -0.450. The van der Waals surface area contributed by atoms with Crippen LogP contribution in [0.2, 0.25) is 0 Å². The lowest BCUT2D eigenvalue weighted by molar-refractivity contribution is 0.468. The number of benzene rings is 1. The Labute approximate surface area is 114 Å². The molecule has 0 atom stereocenters. The Morgan fingerprint density at radius 3 is 2.72 bits per heavy atom. The zero-order chi connectivity index (χ0) is 13.8. The van der Waals surface area contributed by atoms with Crippen molar-refractivity contribution in [3.8, 4) is 0 Å². The first-order chi connectivity index (χ1) is 8.36. The quantitative estimate of drug-likeness (QED) is 0.825. The van der Waals surface area contributed by atoms with Crippen molar-refractivity contribution in [3.63, 3.8) is 0 Å². The largest absolute Gasteiger partial charge is 0.330 e. The molecule has 0 spiro atoms. The third-order valence-corrected chi connectivity index (χ3v) is 4.36. The number of hydrogen-bond acceptors (Lipinski definition) is 3. The summed E-state index contributed by atoms with van der Waals surface area (Å²) >= 11 is 2.99. The molecular weight excluding hydrogens is 325 g/mol. The second-order valence-corrected chi connectivity index (χ2v) is 6.33. The Bertz CT molecular complexity index is 510. The zero-order valence-electron chi connectivity index (χ0n) is 9.86. The Kier molecular flexibility index (Phi) is 5.51. The average Bonchev–Trinajstić information content (AvgIpc) is 2.30. The van der Waals surface area contributed by atoms with Gasteiger partial charge in [0.05, 0.1) is 10.2 Å². The molecule has 0 amide bonds. The molecule has 3 N–H and O–H groups in total. The number of nitrogens with zero attached hydrogens (tertiary/aromatic N) is 1. The zero-order valence-corrected chi connectivity index (χ0v) is 12.3. The van der Waals surface area contributed by atoms with Gasteiger partial charge in [-0.15, -0.1) is 0 Å². The van der Waals surface area contributed by atoms with Crippen LogP contribution < -0.4 is 10.5 Å². The first-order valence-electron chi connectivity index (χ1n) is 5.26. The summed E-state index contributed by atoms with van der Waals surface area (Å²) in [5, 5.41) is 0. The Morgan fingerprint density at radius 1 is 1.50 bits per heavy atom. The molecule has 18 heavy (non-hydrogen) atoms. The van der Waals surface area contributed by atoms with Gasteiger partial charge in [0.25, 0.3) is 0 Å². The second kappa shape index (κ2) is 6.46. The molecule has 0 bridgehead atoms. The van der Waals surface area contributed by atoms with E-state index in [4.69, 9.17) is 5.73 Å². The SMILES string of the molecule is CN(CCCN)S(=O)(=O)Nc1ccc(F)c(Br)c1. The van der Waals surface area contributed by atoms with Gasteiger partial charge in [-0.05, 0) is 47.1 Å². The van der Waals surface area contributed by atoms with Crippen molar-refractivity contribution >= 4 is 31.8 Å². The highest BCUT2D eigenvalue weighted by molar-refractivity contribution is 9.10. The Morgan fingerprint density at radius 2 is 2.17 bits per heavy atom. The fourth-order valence-electron chi connectivity index (χ4n) is 1.22. The molecule has 5 nitrogen and oxygen atoms in total. The number of halogens is 2. The van der Waals surface area contributed by atoms with Crippen LogP contribution in [-0.4, -0.2) is 32.9 Å². The minimum absolute atomic E-state index is 0.201. The number of nitrogens with two attached hydrogens (primary N) is 1. The number of rotatable bonds is 6. The van der Waals surface area contributed by atoms with Gasteiger partial charge in [0.1, 0.15) is 5.82 Å². The van der Waals surface area contributed by atoms with Crippen molar-refractivity contribution < 1.29 is 12.8 Å². The minimum Gasteiger partial charge on any atom is -0.330 e. The summed E-state index contributed by atoms with van der Waals surface area (Å²) < 4.78 is 40.5. The lowest BCUT2D eigenvalue weighted by Crippen LogP contribution is -2.34. The van der Waals surface area contributed by atoms with Crippen molar-refractivity contribution in [2.75, 3.05) is 24.9 Å². The predicted octanol–water partition coefficient (Wildman–Crippen LogP) is 1.53. The number of anilines is 1. The van der Waals surface area contributed by atoms with Crippen molar-refractivity contribution in [2.45, 2.75) is 6.42 Å². The van der Waals surface area contributed by atoms with Crippen LogP contribution >= 0.6 is 15.9 Å². The third-order valence-electron chi connectivity index (χ3n) is 2.25. The van der Waals surface area contributed by atoms with Crippen LogP contribution in [0, 0.1) is 5.82 Å². The molecule has 1 aromatic rings. The van der Waals surface area contributed by atoms with Gasteiger partial charge in [-0.25, -0.2) is 4.39 Å². The van der Waals surface area contributed by atoms with E-state index in [0.717, 1.165) is 4.31 Å². The van der Waals surface area contributed by atoms with Gasteiger partial charge in [-0.3, -0.25) is 4.72 Å². The first-order valence-corrected chi connectivity index (χ1v) is 7.49. The summed E-state index contributed by atoms with van der Waals surface area (Å²) in [7, 11) is -2.18. The molecule has 0 radical (unpaired) electrons. The molecule has 1 rings (SSSR count). The van der Waals surface area contributed by atoms with Crippen molar-refractivity contribution in [1.29, 1.82) is 0 Å². The second-order valence-electron chi connectivity index (χ2n) is 3.70. The van der Waals surface area contributed by atoms with E-state index in [1.165, 1.54) is 25.2 Å². The molecule has 0 saturated carbocycles. The highest BCUT2D eigenvalue weighted by Crippen LogP contribution is 2.21. The summed E-state index contributed by atoms with van der Waals surface area (Å²) in [5.41, 5.74) is 5.61. The molecule has 0 heterocycles. The highest BCUT2D eigenvalue weighted by Gasteiger charge is 2.17. The first kappa shape index (κ1) is 15.4. The van der Waals surface area contributed by atoms with Crippen LogP contribution in [0.15, 0.2) is 22.7 Å². The van der Waals surface area contributed by atoms with E-state index in [0.29, 0.717) is 25.2 Å². The van der Waals surface area contributed by atoms with E-state index in [9.17, 15) is 12.8 Å². The fourth-order valence-corrected chi connectivity index (χ4v) is 2.55. The molecule has 0 fully saturated rings. The van der Waals surface area contributed by atoms with Gasteiger partial charge >= 0.3 is 10.2 Å². The van der Waals surface area contributed by atoms with Crippen molar-refractivity contribution in [1.82, 2.24) is 4.31 Å². The standard InChI is InChI=1S/C10H15BrFN3O2S/c1-15(6-2-5-13)18(16,17)14-8-3-4-10(12)9(11)7-8/h3-4,7,14H,2,5-6,13H2,1H3. The lowest BCUT2D eigenvalue weighted by atomic mass is 10.3. The normalized spacial score (nSPS) is 11.8. The van der Waals surface area contributed by atoms with Crippen molar-refractivity contribution in [3.05, 3.63) is 28.5 Å². The highest BCUT2D eigenvalue weighted by atomic mass is 79.9. The summed E-state index contributed by atoms with van der Waals surface area (Å²) in [4.78, 5) is 0. The molecule has 0 aliphatic heterocycles. The maximum atomic E-state index is 13.0. The lowest BCUT2D eigenvalue weighted by Gasteiger charge is -2.18. The summed E-state index contributed by atoms with van der Waals surface area (Å²) in [6.07, 6.45) is 0.574. The van der Waals surface area contributed by atoms with E-state index in [2.05, 4.69) is 20.7 Å². The molecule has 0 saturated heterocycles. The maximum Gasteiger partial charge on any atom is 0.301 e. The average molecular weight is 340 g/mol. The van der Waals surface area contributed by atoms with Gasteiger partial charge < -0.3 is 5.73 Å². The predicted molar refractivity (Wildman–Crippen MR) is 72.9 cm³/mol. The molecule has 1 aromatic carbocycles. The Hall–Kier alpha value is -0.700. The molecule has 0 unspecified atom stereocenters. The van der Waals surface area contributed by atoms with Gasteiger partial charge in [-0.1, -0.05) is 0 Å². The van der Waals surface area contributed by atoms with Crippen LogP contribution in [0.1, 0.15) is 6.42 Å². The minimum atomic E-state index is -3.63. The van der Waals surface area contributed by atoms with Gasteiger partial charge in [-0.2, -0.15) is 12.7 Å². The van der Waals surface area contributed by atoms with Crippen LogP contribution in [0.4, 0.5) is 10.1 Å². The van der Waals surface area contributed by atoms with Crippen LogP contribution in [0.3, 0.4) is 0 Å². The third kappa shape index (κ3) is 4.20. The summed E-state index contributed by atoms with van der Waals surface area (Å²) in [6, 6.07) is 3.90. The molecule has 0 aromatic heterocycles.